The van der Waals surface area contributed by atoms with E-state index >= 15 is 0 Å². The quantitative estimate of drug-likeness (QED) is 0.572. The SMILES string of the molecule is CC1Cc2c1sc1c2CC1(C)C. The summed E-state index contributed by atoms with van der Waals surface area (Å²) in [5.74, 6) is 0.867. The monoisotopic (exact) mass is 178 g/mol. The highest BCUT2D eigenvalue weighted by Crippen LogP contribution is 2.55. The van der Waals surface area contributed by atoms with E-state index in [1.165, 1.54) is 12.8 Å². The van der Waals surface area contributed by atoms with Crippen molar-refractivity contribution in [2.45, 2.75) is 44.9 Å². The minimum absolute atomic E-state index is 0.511. The molecule has 0 amide bonds. The third-order valence-corrected chi connectivity index (χ3v) is 5.21. The van der Waals surface area contributed by atoms with Crippen LogP contribution in [0, 0.1) is 0 Å². The van der Waals surface area contributed by atoms with E-state index in [9.17, 15) is 0 Å². The maximum Gasteiger partial charge on any atom is 0.0143 e. The zero-order chi connectivity index (χ0) is 8.51. The molecule has 0 saturated carbocycles. The van der Waals surface area contributed by atoms with Gasteiger partial charge in [0.1, 0.15) is 0 Å². The molecule has 0 radical (unpaired) electrons. The normalized spacial score (nSPS) is 28.4. The van der Waals surface area contributed by atoms with Crippen LogP contribution < -0.4 is 0 Å². The summed E-state index contributed by atoms with van der Waals surface area (Å²) in [6, 6.07) is 0. The van der Waals surface area contributed by atoms with E-state index < -0.39 is 0 Å². The van der Waals surface area contributed by atoms with Gasteiger partial charge in [0.25, 0.3) is 0 Å². The fourth-order valence-corrected chi connectivity index (χ4v) is 4.06. The van der Waals surface area contributed by atoms with Crippen molar-refractivity contribution < 1.29 is 0 Å². The van der Waals surface area contributed by atoms with Gasteiger partial charge in [0, 0.05) is 15.2 Å². The molecule has 3 rings (SSSR count). The van der Waals surface area contributed by atoms with Crippen molar-refractivity contribution >= 4 is 11.3 Å². The van der Waals surface area contributed by atoms with Crippen molar-refractivity contribution in [3.63, 3.8) is 0 Å². The molecule has 1 heteroatoms. The smallest absolute Gasteiger partial charge is 0.0143 e. The van der Waals surface area contributed by atoms with E-state index in [0.717, 1.165) is 5.92 Å². The molecule has 64 valence electrons. The second-order valence-corrected chi connectivity index (χ2v) is 5.97. The third kappa shape index (κ3) is 0.610. The fraction of sp³-hybridized carbons (Fsp3) is 0.636. The van der Waals surface area contributed by atoms with E-state index in [1.807, 2.05) is 0 Å². The molecular weight excluding hydrogens is 164 g/mol. The molecule has 0 fully saturated rings. The molecule has 0 aliphatic heterocycles. The summed E-state index contributed by atoms with van der Waals surface area (Å²) in [5.41, 5.74) is 3.96. The molecule has 0 N–H and O–H groups in total. The zero-order valence-corrected chi connectivity index (χ0v) is 8.72. The Balaban J connectivity index is 2.17. The van der Waals surface area contributed by atoms with Crippen molar-refractivity contribution in [3.05, 3.63) is 20.9 Å². The molecular formula is C11H14S. The standard InChI is InChI=1S/C11H14S/c1-6-4-7-8-5-11(2,3)10(8)12-9(6)7/h6H,4-5H2,1-3H3. The highest BCUT2D eigenvalue weighted by atomic mass is 32.1. The van der Waals surface area contributed by atoms with Gasteiger partial charge < -0.3 is 0 Å². The van der Waals surface area contributed by atoms with Gasteiger partial charge in [-0.3, -0.25) is 0 Å². The van der Waals surface area contributed by atoms with E-state index in [-0.39, 0.29) is 0 Å². The molecule has 1 aromatic heterocycles. The number of fused-ring (bicyclic) bond motifs is 3. The lowest BCUT2D eigenvalue weighted by molar-refractivity contribution is 0.463. The molecule has 12 heavy (non-hydrogen) atoms. The Morgan fingerprint density at radius 2 is 2.08 bits per heavy atom. The minimum atomic E-state index is 0.511. The van der Waals surface area contributed by atoms with Crippen LogP contribution in [0.1, 0.15) is 47.6 Å². The lowest BCUT2D eigenvalue weighted by Gasteiger charge is -2.36. The van der Waals surface area contributed by atoms with Crippen molar-refractivity contribution in [3.8, 4) is 0 Å². The second kappa shape index (κ2) is 1.79. The fourth-order valence-electron chi connectivity index (χ4n) is 2.56. The highest BCUT2D eigenvalue weighted by Gasteiger charge is 2.43. The Hall–Kier alpha value is -0.300. The minimum Gasteiger partial charge on any atom is -0.144 e. The van der Waals surface area contributed by atoms with Gasteiger partial charge in [0.15, 0.2) is 0 Å². The Kier molecular flexibility index (Phi) is 1.07. The van der Waals surface area contributed by atoms with Gasteiger partial charge in [-0.25, -0.2) is 0 Å². The maximum atomic E-state index is 2.37. The topological polar surface area (TPSA) is 0 Å². The molecule has 0 saturated heterocycles. The van der Waals surface area contributed by atoms with Crippen LogP contribution >= 0.6 is 11.3 Å². The molecule has 1 heterocycles. The summed E-state index contributed by atoms with van der Waals surface area (Å²) in [5, 5.41) is 0. The molecule has 2 aliphatic rings. The molecule has 1 atom stereocenters. The van der Waals surface area contributed by atoms with Crippen LogP contribution in [0.25, 0.3) is 0 Å². The number of hydrogen-bond donors (Lipinski definition) is 0. The van der Waals surface area contributed by atoms with Gasteiger partial charge in [-0.1, -0.05) is 20.8 Å². The lowest BCUT2D eigenvalue weighted by Crippen LogP contribution is -2.31. The van der Waals surface area contributed by atoms with E-state index in [1.54, 1.807) is 20.9 Å². The predicted octanol–water partition coefficient (Wildman–Crippen LogP) is 3.24. The molecule has 0 bridgehead atoms. The average molecular weight is 178 g/mol. The van der Waals surface area contributed by atoms with E-state index in [2.05, 4.69) is 32.1 Å². The van der Waals surface area contributed by atoms with Crippen molar-refractivity contribution in [2.24, 2.45) is 0 Å². The first kappa shape index (κ1) is 7.14. The van der Waals surface area contributed by atoms with Crippen molar-refractivity contribution in [2.75, 3.05) is 0 Å². The second-order valence-electron chi connectivity index (χ2n) is 4.92. The predicted molar refractivity (Wildman–Crippen MR) is 53.2 cm³/mol. The Bertz CT molecular complexity index is 357. The van der Waals surface area contributed by atoms with Crippen LogP contribution in [-0.4, -0.2) is 0 Å². The number of thiophene rings is 1. The Labute approximate surface area is 77.6 Å². The van der Waals surface area contributed by atoms with Crippen molar-refractivity contribution in [1.29, 1.82) is 0 Å². The number of rotatable bonds is 0. The first-order valence-corrected chi connectivity index (χ1v) is 5.56. The summed E-state index contributed by atoms with van der Waals surface area (Å²) < 4.78 is 0. The zero-order valence-electron chi connectivity index (χ0n) is 7.90. The van der Waals surface area contributed by atoms with Gasteiger partial charge in [-0.05, 0) is 29.9 Å². The summed E-state index contributed by atoms with van der Waals surface area (Å²) in [7, 11) is 0. The summed E-state index contributed by atoms with van der Waals surface area (Å²) in [6.07, 6.45) is 2.69. The first-order chi connectivity index (χ1) is 5.59. The van der Waals surface area contributed by atoms with Gasteiger partial charge >= 0.3 is 0 Å². The largest absolute Gasteiger partial charge is 0.144 e. The van der Waals surface area contributed by atoms with E-state index in [0.29, 0.717) is 5.41 Å². The van der Waals surface area contributed by atoms with Gasteiger partial charge in [-0.2, -0.15) is 0 Å². The van der Waals surface area contributed by atoms with Crippen LogP contribution in [0.3, 0.4) is 0 Å². The van der Waals surface area contributed by atoms with Crippen LogP contribution in [0.5, 0.6) is 0 Å². The molecule has 1 aromatic rings. The van der Waals surface area contributed by atoms with E-state index in [4.69, 9.17) is 0 Å². The Morgan fingerprint density at radius 3 is 2.67 bits per heavy atom. The third-order valence-electron chi connectivity index (χ3n) is 3.34. The van der Waals surface area contributed by atoms with Crippen molar-refractivity contribution in [1.82, 2.24) is 0 Å². The molecule has 1 unspecified atom stereocenters. The average Bonchev–Trinajstić information content (AvgIpc) is 2.19. The molecule has 0 spiro atoms. The first-order valence-electron chi connectivity index (χ1n) is 4.74. The Morgan fingerprint density at radius 1 is 1.33 bits per heavy atom. The van der Waals surface area contributed by atoms with Crippen LogP contribution in [-0.2, 0) is 18.3 Å². The summed E-state index contributed by atoms with van der Waals surface area (Å²) in [4.78, 5) is 3.39. The van der Waals surface area contributed by atoms with Crippen LogP contribution in [0.2, 0.25) is 0 Å². The van der Waals surface area contributed by atoms with Gasteiger partial charge in [0.05, 0.1) is 0 Å². The summed E-state index contributed by atoms with van der Waals surface area (Å²) in [6.45, 7) is 7.09. The van der Waals surface area contributed by atoms with Crippen LogP contribution in [0.4, 0.5) is 0 Å². The highest BCUT2D eigenvalue weighted by molar-refractivity contribution is 7.13. The summed E-state index contributed by atoms with van der Waals surface area (Å²) >= 11 is 2.08. The van der Waals surface area contributed by atoms with Crippen LogP contribution in [0.15, 0.2) is 0 Å². The molecule has 0 nitrogen and oxygen atoms in total. The molecule has 2 aliphatic carbocycles. The number of hydrogen-bond acceptors (Lipinski definition) is 1. The molecule has 0 aromatic carbocycles. The van der Waals surface area contributed by atoms with Gasteiger partial charge in [0.2, 0.25) is 0 Å². The van der Waals surface area contributed by atoms with Gasteiger partial charge in [-0.15, -0.1) is 11.3 Å². The lowest BCUT2D eigenvalue weighted by atomic mass is 9.68. The maximum absolute atomic E-state index is 2.37.